The third-order valence-corrected chi connectivity index (χ3v) is 2.21. The first-order valence-electron chi connectivity index (χ1n) is 5.49. The SMILES string of the molecule is Cc1cccc(CNC(=O)O[C@H](C)CC#N)c1. The molecule has 0 aliphatic rings. The molecule has 90 valence electrons. The standard InChI is InChI=1S/C13H16N2O2/c1-10-4-3-5-12(8-10)9-15-13(16)17-11(2)6-7-14/h3-5,8,11H,6,9H2,1-2H3,(H,15,16)/t11-/m1/s1. The summed E-state index contributed by atoms with van der Waals surface area (Å²) < 4.78 is 4.97. The van der Waals surface area contributed by atoms with Crippen molar-refractivity contribution in [1.82, 2.24) is 5.32 Å². The number of hydrogen-bond donors (Lipinski definition) is 1. The second-order valence-corrected chi connectivity index (χ2v) is 3.92. The van der Waals surface area contributed by atoms with E-state index in [0.717, 1.165) is 11.1 Å². The van der Waals surface area contributed by atoms with Crippen LogP contribution in [0.15, 0.2) is 24.3 Å². The molecule has 1 aromatic carbocycles. The zero-order valence-corrected chi connectivity index (χ0v) is 10.1. The average molecular weight is 232 g/mol. The Morgan fingerprint density at radius 1 is 1.59 bits per heavy atom. The van der Waals surface area contributed by atoms with E-state index in [0.29, 0.717) is 6.54 Å². The average Bonchev–Trinajstić information content (AvgIpc) is 2.27. The van der Waals surface area contributed by atoms with Gasteiger partial charge in [0.25, 0.3) is 0 Å². The van der Waals surface area contributed by atoms with Gasteiger partial charge in [0.05, 0.1) is 12.5 Å². The second kappa shape index (κ2) is 6.54. The maximum atomic E-state index is 11.3. The van der Waals surface area contributed by atoms with E-state index in [-0.39, 0.29) is 12.5 Å². The van der Waals surface area contributed by atoms with Crippen molar-refractivity contribution in [3.05, 3.63) is 35.4 Å². The van der Waals surface area contributed by atoms with Crippen molar-refractivity contribution in [2.45, 2.75) is 32.9 Å². The van der Waals surface area contributed by atoms with Gasteiger partial charge in [0.15, 0.2) is 0 Å². The van der Waals surface area contributed by atoms with Crippen LogP contribution in [0.1, 0.15) is 24.5 Å². The van der Waals surface area contributed by atoms with Gasteiger partial charge in [0, 0.05) is 6.54 Å². The molecule has 1 rings (SSSR count). The van der Waals surface area contributed by atoms with Gasteiger partial charge in [-0.2, -0.15) is 5.26 Å². The lowest BCUT2D eigenvalue weighted by atomic mass is 10.1. The van der Waals surface area contributed by atoms with Gasteiger partial charge in [-0.05, 0) is 19.4 Å². The molecule has 0 aliphatic carbocycles. The van der Waals surface area contributed by atoms with Gasteiger partial charge in [-0.15, -0.1) is 0 Å². The lowest BCUT2D eigenvalue weighted by Crippen LogP contribution is -2.27. The summed E-state index contributed by atoms with van der Waals surface area (Å²) in [6, 6.07) is 9.82. The molecule has 0 heterocycles. The minimum atomic E-state index is -0.491. The smallest absolute Gasteiger partial charge is 0.407 e. The van der Waals surface area contributed by atoms with Crippen molar-refractivity contribution in [2.75, 3.05) is 0 Å². The molecule has 0 bridgehead atoms. The van der Waals surface area contributed by atoms with Crippen LogP contribution in [0.5, 0.6) is 0 Å². The first-order chi connectivity index (χ1) is 8.11. The molecule has 1 atom stereocenters. The third kappa shape index (κ3) is 5.03. The van der Waals surface area contributed by atoms with Gasteiger partial charge >= 0.3 is 6.09 Å². The topological polar surface area (TPSA) is 62.1 Å². The normalized spacial score (nSPS) is 11.4. The third-order valence-electron chi connectivity index (χ3n) is 2.21. The van der Waals surface area contributed by atoms with Gasteiger partial charge < -0.3 is 10.1 Å². The van der Waals surface area contributed by atoms with Crippen molar-refractivity contribution in [1.29, 1.82) is 5.26 Å². The minimum Gasteiger partial charge on any atom is -0.445 e. The highest BCUT2D eigenvalue weighted by molar-refractivity contribution is 5.67. The van der Waals surface area contributed by atoms with Crippen molar-refractivity contribution >= 4 is 6.09 Å². The molecule has 1 amide bonds. The fourth-order valence-electron chi connectivity index (χ4n) is 1.39. The van der Waals surface area contributed by atoms with Crippen molar-refractivity contribution < 1.29 is 9.53 Å². The van der Waals surface area contributed by atoms with Crippen LogP contribution >= 0.6 is 0 Å². The maximum absolute atomic E-state index is 11.3. The second-order valence-electron chi connectivity index (χ2n) is 3.92. The van der Waals surface area contributed by atoms with Crippen LogP contribution in [0.25, 0.3) is 0 Å². The van der Waals surface area contributed by atoms with Gasteiger partial charge in [-0.1, -0.05) is 29.8 Å². The lowest BCUT2D eigenvalue weighted by molar-refractivity contribution is 0.108. The lowest BCUT2D eigenvalue weighted by Gasteiger charge is -2.11. The van der Waals surface area contributed by atoms with Gasteiger partial charge in [-0.25, -0.2) is 4.79 Å². The van der Waals surface area contributed by atoms with Crippen molar-refractivity contribution in [3.8, 4) is 6.07 Å². The fourth-order valence-corrected chi connectivity index (χ4v) is 1.39. The maximum Gasteiger partial charge on any atom is 0.407 e. The number of nitrogens with zero attached hydrogens (tertiary/aromatic N) is 1. The summed E-state index contributed by atoms with van der Waals surface area (Å²) >= 11 is 0. The molecule has 1 N–H and O–H groups in total. The molecule has 0 radical (unpaired) electrons. The van der Waals surface area contributed by atoms with E-state index in [1.54, 1.807) is 6.92 Å². The van der Waals surface area contributed by atoms with E-state index in [1.165, 1.54) is 0 Å². The molecular weight excluding hydrogens is 216 g/mol. The molecule has 0 saturated heterocycles. The Morgan fingerprint density at radius 2 is 2.35 bits per heavy atom. The first-order valence-corrected chi connectivity index (χ1v) is 5.49. The van der Waals surface area contributed by atoms with Crippen molar-refractivity contribution in [2.24, 2.45) is 0 Å². The highest BCUT2D eigenvalue weighted by Crippen LogP contribution is 2.03. The molecule has 1 aromatic rings. The predicted octanol–water partition coefficient (Wildman–Crippen LogP) is 2.52. The van der Waals surface area contributed by atoms with Crippen LogP contribution < -0.4 is 5.32 Å². The van der Waals surface area contributed by atoms with E-state index >= 15 is 0 Å². The molecular formula is C13H16N2O2. The summed E-state index contributed by atoms with van der Waals surface area (Å²) in [5, 5.41) is 11.1. The number of rotatable bonds is 4. The van der Waals surface area contributed by atoms with E-state index in [1.807, 2.05) is 37.3 Å². The zero-order chi connectivity index (χ0) is 12.7. The summed E-state index contributed by atoms with van der Waals surface area (Å²) in [7, 11) is 0. The Morgan fingerprint density at radius 3 is 3.00 bits per heavy atom. The van der Waals surface area contributed by atoms with Crippen LogP contribution in [0.2, 0.25) is 0 Å². The van der Waals surface area contributed by atoms with Crippen molar-refractivity contribution in [3.63, 3.8) is 0 Å². The number of benzene rings is 1. The number of carbonyl (C=O) groups is 1. The van der Waals surface area contributed by atoms with Crippen LogP contribution in [-0.4, -0.2) is 12.2 Å². The summed E-state index contributed by atoms with van der Waals surface area (Å²) in [5.74, 6) is 0. The van der Waals surface area contributed by atoms with Gasteiger partial charge in [0.2, 0.25) is 0 Å². The molecule has 4 nitrogen and oxygen atoms in total. The number of nitriles is 1. The number of carbonyl (C=O) groups excluding carboxylic acids is 1. The van der Waals surface area contributed by atoms with Crippen LogP contribution in [0.3, 0.4) is 0 Å². The molecule has 0 unspecified atom stereocenters. The quantitative estimate of drug-likeness (QED) is 0.867. The van der Waals surface area contributed by atoms with E-state index in [4.69, 9.17) is 10.00 Å². The predicted molar refractivity (Wildman–Crippen MR) is 64.2 cm³/mol. The highest BCUT2D eigenvalue weighted by Gasteiger charge is 2.08. The molecule has 0 aromatic heterocycles. The summed E-state index contributed by atoms with van der Waals surface area (Å²) in [6.07, 6.45) is -0.663. The number of aryl methyl sites for hydroxylation is 1. The number of amides is 1. The number of hydrogen-bond acceptors (Lipinski definition) is 3. The molecule has 17 heavy (non-hydrogen) atoms. The highest BCUT2D eigenvalue weighted by atomic mass is 16.6. The Kier molecular flexibility index (Phi) is 5.02. The molecule has 4 heteroatoms. The van der Waals surface area contributed by atoms with E-state index < -0.39 is 6.09 Å². The summed E-state index contributed by atoms with van der Waals surface area (Å²) in [6.45, 7) is 4.12. The largest absolute Gasteiger partial charge is 0.445 e. The number of alkyl carbamates (subject to hydrolysis) is 1. The monoisotopic (exact) mass is 232 g/mol. The fraction of sp³-hybridized carbons (Fsp3) is 0.385. The van der Waals surface area contributed by atoms with E-state index in [2.05, 4.69) is 5.32 Å². The number of nitrogens with one attached hydrogen (secondary N) is 1. The zero-order valence-electron chi connectivity index (χ0n) is 10.1. The summed E-state index contributed by atoms with van der Waals surface area (Å²) in [4.78, 5) is 11.3. The van der Waals surface area contributed by atoms with Gasteiger partial charge in [0.1, 0.15) is 6.10 Å². The first kappa shape index (κ1) is 13.0. The van der Waals surface area contributed by atoms with Crippen LogP contribution in [-0.2, 0) is 11.3 Å². The van der Waals surface area contributed by atoms with Crippen LogP contribution in [0, 0.1) is 18.3 Å². The Balaban J connectivity index is 2.36. The number of ether oxygens (including phenoxy) is 1. The molecule has 0 fully saturated rings. The Labute approximate surface area is 101 Å². The minimum absolute atomic E-state index is 0.206. The molecule has 0 spiro atoms. The Bertz CT molecular complexity index is 424. The van der Waals surface area contributed by atoms with Gasteiger partial charge in [-0.3, -0.25) is 0 Å². The Hall–Kier alpha value is -2.02. The van der Waals surface area contributed by atoms with E-state index in [9.17, 15) is 4.79 Å². The molecule has 0 aliphatic heterocycles. The molecule has 0 saturated carbocycles. The van der Waals surface area contributed by atoms with Crippen LogP contribution in [0.4, 0.5) is 4.79 Å². The summed E-state index contributed by atoms with van der Waals surface area (Å²) in [5.41, 5.74) is 2.17.